The predicted octanol–water partition coefficient (Wildman–Crippen LogP) is 2.51. The number of carbonyl (C=O) groups excluding carboxylic acids is 2. The zero-order valence-electron chi connectivity index (χ0n) is 21.2. The van der Waals surface area contributed by atoms with Crippen molar-refractivity contribution in [3.63, 3.8) is 0 Å². The number of alkyl carbamates (subject to hydrolysis) is 1. The van der Waals surface area contributed by atoms with Crippen LogP contribution >= 0.6 is 15.9 Å². The number of ether oxygens (including phenoxy) is 4. The second kappa shape index (κ2) is 11.5. The smallest absolute Gasteiger partial charge is 0.411 e. The van der Waals surface area contributed by atoms with Crippen LogP contribution < -0.4 is 14.8 Å². The number of carbonyl (C=O) groups is 2. The molecule has 2 rings (SSSR count). The van der Waals surface area contributed by atoms with Crippen LogP contribution in [0.25, 0.3) is 0 Å². The number of esters is 1. The van der Waals surface area contributed by atoms with Crippen LogP contribution in [-0.4, -0.2) is 65.8 Å². The van der Waals surface area contributed by atoms with E-state index in [1.165, 1.54) is 20.3 Å². The lowest BCUT2D eigenvalue weighted by Crippen LogP contribution is -2.63. The van der Waals surface area contributed by atoms with Gasteiger partial charge in [-0.25, -0.2) is 4.79 Å². The summed E-state index contributed by atoms with van der Waals surface area (Å²) in [6, 6.07) is 2.44. The fraction of sp³-hybridized carbons (Fsp3) is 0.667. The van der Waals surface area contributed by atoms with Crippen LogP contribution in [0.3, 0.4) is 0 Å². The molecule has 36 heavy (non-hydrogen) atoms. The summed E-state index contributed by atoms with van der Waals surface area (Å²) in [5.41, 5.74) is -1.82. The molecule has 1 saturated carbocycles. The second-order valence-electron chi connectivity index (χ2n) is 10.1. The second-order valence-corrected chi connectivity index (χ2v) is 11.0. The normalized spacial score (nSPS) is 16.2. The molecule has 0 unspecified atom stereocenters. The summed E-state index contributed by atoms with van der Waals surface area (Å²) in [6.45, 7) is 5.08. The molecule has 1 aliphatic rings. The molecule has 0 saturated heterocycles. The van der Waals surface area contributed by atoms with Crippen LogP contribution in [0.15, 0.2) is 16.6 Å². The molecule has 0 atom stereocenters. The molecule has 204 valence electrons. The van der Waals surface area contributed by atoms with Crippen LogP contribution in [-0.2, 0) is 20.1 Å². The van der Waals surface area contributed by atoms with Crippen LogP contribution in [0.5, 0.6) is 11.5 Å². The first-order valence-corrected chi connectivity index (χ1v) is 12.3. The minimum atomic E-state index is -3.59. The summed E-state index contributed by atoms with van der Waals surface area (Å²) in [5, 5.41) is 43.9. The fourth-order valence-electron chi connectivity index (χ4n) is 3.87. The van der Waals surface area contributed by atoms with Gasteiger partial charge < -0.3 is 39.4 Å². The van der Waals surface area contributed by atoms with Gasteiger partial charge >= 0.3 is 18.0 Å². The monoisotopic (exact) mass is 577 g/mol. The van der Waals surface area contributed by atoms with E-state index >= 15 is 0 Å². The van der Waals surface area contributed by atoms with Crippen LogP contribution in [0.2, 0.25) is 0 Å². The maximum atomic E-state index is 12.5. The molecule has 5 N–H and O–H groups in total. The summed E-state index contributed by atoms with van der Waals surface area (Å²) < 4.78 is 21.4. The van der Waals surface area contributed by atoms with Crippen molar-refractivity contribution in [2.45, 2.75) is 64.6 Å². The molecule has 1 fully saturated rings. The number of nitrogens with one attached hydrogen (secondary N) is 1. The molecule has 0 radical (unpaired) electrons. The van der Waals surface area contributed by atoms with Crippen LogP contribution in [0.4, 0.5) is 4.79 Å². The van der Waals surface area contributed by atoms with Gasteiger partial charge in [-0.3, -0.25) is 10.1 Å². The van der Waals surface area contributed by atoms with Gasteiger partial charge in [0.2, 0.25) is 0 Å². The quantitative estimate of drug-likeness (QED) is 0.217. The minimum Gasteiger partial charge on any atom is -0.496 e. The third-order valence-corrected chi connectivity index (χ3v) is 6.78. The van der Waals surface area contributed by atoms with Gasteiger partial charge in [0.15, 0.2) is 0 Å². The van der Waals surface area contributed by atoms with E-state index in [2.05, 4.69) is 15.9 Å². The van der Waals surface area contributed by atoms with Gasteiger partial charge in [-0.2, -0.15) is 0 Å². The highest BCUT2D eigenvalue weighted by atomic mass is 79.9. The van der Waals surface area contributed by atoms with Crippen molar-refractivity contribution in [1.29, 1.82) is 0 Å². The van der Waals surface area contributed by atoms with Gasteiger partial charge in [0.25, 0.3) is 5.79 Å². The Balaban J connectivity index is 2.15. The first-order chi connectivity index (χ1) is 16.6. The molecule has 1 amide bonds. The number of amides is 1. The Morgan fingerprint density at radius 2 is 1.50 bits per heavy atom. The van der Waals surface area contributed by atoms with Gasteiger partial charge in [0, 0.05) is 5.41 Å². The van der Waals surface area contributed by atoms with Gasteiger partial charge in [-0.15, -0.1) is 0 Å². The lowest BCUT2D eigenvalue weighted by atomic mass is 9.75. The van der Waals surface area contributed by atoms with Gasteiger partial charge in [0.1, 0.15) is 24.7 Å². The highest BCUT2D eigenvalue weighted by Crippen LogP contribution is 2.41. The van der Waals surface area contributed by atoms with Crippen molar-refractivity contribution in [2.75, 3.05) is 27.4 Å². The molecule has 11 nitrogen and oxygen atoms in total. The number of aliphatic hydroxyl groups is 4. The Labute approximate surface area is 218 Å². The molecule has 1 aromatic rings. The molecule has 0 heterocycles. The van der Waals surface area contributed by atoms with E-state index in [4.69, 9.17) is 18.9 Å². The molecule has 0 aromatic heterocycles. The van der Waals surface area contributed by atoms with E-state index < -0.39 is 34.2 Å². The Kier molecular flexibility index (Phi) is 9.63. The van der Waals surface area contributed by atoms with Crippen molar-refractivity contribution in [2.24, 2.45) is 10.8 Å². The summed E-state index contributed by atoms with van der Waals surface area (Å²) in [6.07, 6.45) is 2.66. The van der Waals surface area contributed by atoms with Crippen molar-refractivity contribution in [1.82, 2.24) is 5.32 Å². The zero-order chi connectivity index (χ0) is 27.4. The van der Waals surface area contributed by atoms with Crippen LogP contribution in [0.1, 0.15) is 58.4 Å². The lowest BCUT2D eigenvalue weighted by molar-refractivity contribution is -0.375. The average molecular weight is 578 g/mol. The number of hydrogen-bond acceptors (Lipinski definition) is 10. The highest BCUT2D eigenvalue weighted by molar-refractivity contribution is 9.10. The van der Waals surface area contributed by atoms with Crippen molar-refractivity contribution in [3.8, 4) is 11.5 Å². The standard InChI is InChI=1S/C24H36BrNO10/c1-21(2,3)19(27)35-13-22(9-7-6-8-10-22)14-36-20(28)26-24(31,32)23(29,30)15-11-18(34-5)16(25)12-17(15)33-4/h11-12,29-32H,6-10,13-14H2,1-5H3,(H,26,28). The zero-order valence-corrected chi connectivity index (χ0v) is 22.8. The third-order valence-electron chi connectivity index (χ3n) is 6.16. The minimum absolute atomic E-state index is 0.0413. The molecule has 12 heteroatoms. The summed E-state index contributed by atoms with van der Waals surface area (Å²) >= 11 is 3.22. The first-order valence-electron chi connectivity index (χ1n) is 11.5. The van der Waals surface area contributed by atoms with E-state index in [0.717, 1.165) is 25.3 Å². The molecule has 1 aromatic carbocycles. The Bertz CT molecular complexity index is 936. The van der Waals surface area contributed by atoms with E-state index in [1.807, 2.05) is 0 Å². The molecular formula is C24H36BrNO10. The lowest BCUT2D eigenvalue weighted by Gasteiger charge is -2.38. The molecule has 0 aliphatic heterocycles. The third kappa shape index (κ3) is 7.00. The maximum Gasteiger partial charge on any atom is 0.411 e. The molecular weight excluding hydrogens is 542 g/mol. The molecule has 1 aliphatic carbocycles. The van der Waals surface area contributed by atoms with Crippen LogP contribution in [0, 0.1) is 10.8 Å². The topological polar surface area (TPSA) is 164 Å². The van der Waals surface area contributed by atoms with E-state index in [-0.39, 0.29) is 30.7 Å². The Morgan fingerprint density at radius 1 is 0.944 bits per heavy atom. The first kappa shape index (κ1) is 30.1. The van der Waals surface area contributed by atoms with E-state index in [0.29, 0.717) is 17.3 Å². The number of methoxy groups -OCH3 is 2. The number of hydrogen-bond donors (Lipinski definition) is 5. The van der Waals surface area contributed by atoms with Crippen molar-refractivity contribution < 1.29 is 49.0 Å². The van der Waals surface area contributed by atoms with E-state index in [9.17, 15) is 30.0 Å². The number of rotatable bonds is 9. The summed E-state index contributed by atoms with van der Waals surface area (Å²) in [7, 11) is 2.56. The summed E-state index contributed by atoms with van der Waals surface area (Å²) in [5.74, 6) is -7.39. The van der Waals surface area contributed by atoms with Crippen molar-refractivity contribution >= 4 is 28.0 Å². The maximum absolute atomic E-state index is 12.5. The van der Waals surface area contributed by atoms with E-state index in [1.54, 1.807) is 26.1 Å². The predicted molar refractivity (Wildman–Crippen MR) is 131 cm³/mol. The number of halogens is 1. The number of benzene rings is 1. The van der Waals surface area contributed by atoms with Gasteiger partial charge in [0.05, 0.1) is 29.7 Å². The summed E-state index contributed by atoms with van der Waals surface area (Å²) in [4.78, 5) is 24.8. The Morgan fingerprint density at radius 3 is 2.03 bits per heavy atom. The molecule has 0 bridgehead atoms. The fourth-order valence-corrected chi connectivity index (χ4v) is 4.36. The highest BCUT2D eigenvalue weighted by Gasteiger charge is 2.53. The van der Waals surface area contributed by atoms with Gasteiger partial charge in [-0.1, -0.05) is 19.3 Å². The Hall–Kier alpha value is -2.12. The van der Waals surface area contributed by atoms with Gasteiger partial charge in [-0.05, 0) is 61.7 Å². The molecule has 0 spiro atoms. The van der Waals surface area contributed by atoms with Crippen molar-refractivity contribution in [3.05, 3.63) is 22.2 Å². The SMILES string of the molecule is COc1cc(C(O)(O)C(O)(O)NC(=O)OCC2(COC(=O)C(C)(C)C)CCCCC2)c(OC)cc1Br. The average Bonchev–Trinajstić information content (AvgIpc) is 2.80. The largest absolute Gasteiger partial charge is 0.496 e.